The number of nitrogens with zero attached hydrogens (tertiary/aromatic N) is 4. The van der Waals surface area contributed by atoms with E-state index in [-0.39, 0.29) is 12.4 Å². The van der Waals surface area contributed by atoms with Crippen molar-refractivity contribution in [2.45, 2.75) is 52.1 Å². The van der Waals surface area contributed by atoms with Crippen LogP contribution < -0.4 is 0 Å². The average molecular weight is 397 g/mol. The number of hydrogen-bond acceptors (Lipinski definition) is 5. The van der Waals surface area contributed by atoms with Crippen LogP contribution in [-0.4, -0.2) is 80.8 Å². The zero-order valence-electron chi connectivity index (χ0n) is 16.5. The van der Waals surface area contributed by atoms with Crippen LogP contribution in [0.5, 0.6) is 0 Å². The molecule has 152 valence electrons. The second kappa shape index (κ2) is 11.3. The Morgan fingerprint density at radius 3 is 2.59 bits per heavy atom. The molecule has 8 heteroatoms. The number of carboxylic acid groups (broad SMARTS) is 1. The summed E-state index contributed by atoms with van der Waals surface area (Å²) in [5.41, 5.74) is 2.16. The molecule has 0 spiro atoms. The Hall–Kier alpha value is -1.54. The number of thioether (sulfide) groups is 1. The maximum absolute atomic E-state index is 12.6. The van der Waals surface area contributed by atoms with E-state index in [1.165, 1.54) is 24.3 Å². The molecule has 1 aromatic heterocycles. The summed E-state index contributed by atoms with van der Waals surface area (Å²) >= 11 is 2.08. The topological polar surface area (TPSA) is 78.7 Å². The van der Waals surface area contributed by atoms with Gasteiger partial charge in [-0.1, -0.05) is 0 Å². The van der Waals surface area contributed by atoms with Gasteiger partial charge in [-0.15, -0.1) is 0 Å². The maximum atomic E-state index is 12.6. The number of rotatable bonds is 4. The fraction of sp³-hybridized carbons (Fsp3) is 0.737. The molecule has 1 aromatic rings. The Labute approximate surface area is 166 Å². The van der Waals surface area contributed by atoms with Crippen LogP contribution in [0.1, 0.15) is 37.1 Å². The Kier molecular flexibility index (Phi) is 9.14. The van der Waals surface area contributed by atoms with Crippen LogP contribution in [0.4, 0.5) is 0 Å². The van der Waals surface area contributed by atoms with Crippen molar-refractivity contribution in [1.29, 1.82) is 0 Å². The van der Waals surface area contributed by atoms with Gasteiger partial charge in [-0.25, -0.2) is 0 Å². The Bertz CT molecular complexity index is 602. The molecule has 1 N–H and O–H groups in total. The maximum Gasteiger partial charge on any atom is 0.290 e. The lowest BCUT2D eigenvalue weighted by molar-refractivity contribution is -0.131. The van der Waals surface area contributed by atoms with Crippen LogP contribution >= 0.6 is 11.8 Å². The number of carbonyl (C=O) groups is 2. The predicted molar refractivity (Wildman–Crippen MR) is 108 cm³/mol. The average Bonchev–Trinajstić information content (AvgIpc) is 2.86. The minimum absolute atomic E-state index is 0.250. The Morgan fingerprint density at radius 2 is 1.96 bits per heavy atom. The fourth-order valence-electron chi connectivity index (χ4n) is 3.86. The molecule has 0 atom stereocenters. The number of hydrogen-bond donors (Lipinski definition) is 1. The summed E-state index contributed by atoms with van der Waals surface area (Å²) in [6.45, 7) is 8.48. The Balaban J connectivity index is 0.000000817. The number of amides is 1. The van der Waals surface area contributed by atoms with E-state index in [0.29, 0.717) is 13.0 Å². The van der Waals surface area contributed by atoms with Crippen LogP contribution in [0.15, 0.2) is 6.07 Å². The van der Waals surface area contributed by atoms with E-state index in [0.717, 1.165) is 50.0 Å². The van der Waals surface area contributed by atoms with Crippen molar-refractivity contribution in [3.8, 4) is 0 Å². The number of aromatic nitrogens is 2. The first kappa shape index (κ1) is 21.8. The summed E-state index contributed by atoms with van der Waals surface area (Å²) in [6.07, 6.45) is 4.30. The van der Waals surface area contributed by atoms with Crippen LogP contribution in [0.25, 0.3) is 0 Å². The zero-order chi connectivity index (χ0) is 19.6. The SMILES string of the molecule is Cc1cc(C)n(CCC(=O)N2CCCN(C3CCSCC3)CC2)n1.O=CO. The number of aryl methyl sites for hydroxylation is 3. The van der Waals surface area contributed by atoms with E-state index in [9.17, 15) is 4.79 Å². The molecule has 7 nitrogen and oxygen atoms in total. The van der Waals surface area contributed by atoms with Crippen molar-refractivity contribution in [1.82, 2.24) is 19.6 Å². The standard InChI is InChI=1S/C18H30N4OS.CH2O2/c1-15-14-16(2)22(19-15)9-4-18(23)21-8-3-7-20(10-11-21)17-5-12-24-13-6-17;2-1-3/h14,17H,3-13H2,1-2H3;1H,(H,2,3). The number of carbonyl (C=O) groups excluding carboxylic acids is 1. The molecule has 1 amide bonds. The van der Waals surface area contributed by atoms with E-state index in [1.807, 2.05) is 11.6 Å². The molecule has 0 aliphatic carbocycles. The second-order valence-corrected chi connectivity index (χ2v) is 8.34. The van der Waals surface area contributed by atoms with Gasteiger partial charge in [-0.05, 0) is 50.7 Å². The minimum Gasteiger partial charge on any atom is -0.483 e. The molecule has 0 aromatic carbocycles. The van der Waals surface area contributed by atoms with Crippen LogP contribution in [0.3, 0.4) is 0 Å². The molecule has 0 unspecified atom stereocenters. The van der Waals surface area contributed by atoms with Gasteiger partial charge in [0.2, 0.25) is 5.91 Å². The van der Waals surface area contributed by atoms with Crippen molar-refractivity contribution in [3.05, 3.63) is 17.5 Å². The monoisotopic (exact) mass is 396 g/mol. The molecular weight excluding hydrogens is 364 g/mol. The molecule has 2 fully saturated rings. The van der Waals surface area contributed by atoms with Gasteiger partial charge in [0.1, 0.15) is 0 Å². The minimum atomic E-state index is -0.250. The third kappa shape index (κ3) is 6.84. The third-order valence-electron chi connectivity index (χ3n) is 5.23. The van der Waals surface area contributed by atoms with E-state index < -0.39 is 0 Å². The lowest BCUT2D eigenvalue weighted by Gasteiger charge is -2.33. The molecule has 3 heterocycles. The summed E-state index contributed by atoms with van der Waals surface area (Å²) in [4.78, 5) is 25.7. The third-order valence-corrected chi connectivity index (χ3v) is 6.28. The smallest absolute Gasteiger partial charge is 0.290 e. The highest BCUT2D eigenvalue weighted by atomic mass is 32.2. The lowest BCUT2D eigenvalue weighted by atomic mass is 10.1. The van der Waals surface area contributed by atoms with Crippen molar-refractivity contribution in [2.75, 3.05) is 37.7 Å². The normalized spacial score (nSPS) is 19.1. The summed E-state index contributed by atoms with van der Waals surface area (Å²) in [7, 11) is 0. The van der Waals surface area contributed by atoms with Gasteiger partial charge in [0.05, 0.1) is 5.69 Å². The summed E-state index contributed by atoms with van der Waals surface area (Å²) in [6, 6.07) is 2.81. The fourth-order valence-corrected chi connectivity index (χ4v) is 4.94. The molecule has 0 bridgehead atoms. The van der Waals surface area contributed by atoms with Gasteiger partial charge >= 0.3 is 0 Å². The van der Waals surface area contributed by atoms with Gasteiger partial charge in [-0.3, -0.25) is 19.2 Å². The first-order chi connectivity index (χ1) is 13.0. The van der Waals surface area contributed by atoms with Gasteiger partial charge in [0, 0.05) is 50.9 Å². The first-order valence-electron chi connectivity index (χ1n) is 9.73. The van der Waals surface area contributed by atoms with Gasteiger partial charge < -0.3 is 10.0 Å². The predicted octanol–water partition coefficient (Wildman–Crippen LogP) is 2.02. The molecule has 3 rings (SSSR count). The van der Waals surface area contributed by atoms with E-state index in [4.69, 9.17) is 9.90 Å². The molecule has 27 heavy (non-hydrogen) atoms. The van der Waals surface area contributed by atoms with Crippen LogP contribution in [-0.2, 0) is 16.1 Å². The van der Waals surface area contributed by atoms with Crippen molar-refractivity contribution < 1.29 is 14.7 Å². The van der Waals surface area contributed by atoms with Gasteiger partial charge in [0.15, 0.2) is 0 Å². The first-order valence-corrected chi connectivity index (χ1v) is 10.9. The lowest BCUT2D eigenvalue weighted by Crippen LogP contribution is -2.41. The van der Waals surface area contributed by atoms with Gasteiger partial charge in [0.25, 0.3) is 6.47 Å². The highest BCUT2D eigenvalue weighted by molar-refractivity contribution is 7.99. The van der Waals surface area contributed by atoms with E-state index >= 15 is 0 Å². The molecule has 2 saturated heterocycles. The Morgan fingerprint density at radius 1 is 1.26 bits per heavy atom. The summed E-state index contributed by atoms with van der Waals surface area (Å²) < 4.78 is 1.96. The molecule has 0 saturated carbocycles. The van der Waals surface area contributed by atoms with Gasteiger partial charge in [-0.2, -0.15) is 16.9 Å². The van der Waals surface area contributed by atoms with Crippen molar-refractivity contribution in [3.63, 3.8) is 0 Å². The van der Waals surface area contributed by atoms with E-state index in [1.54, 1.807) is 0 Å². The largest absolute Gasteiger partial charge is 0.483 e. The van der Waals surface area contributed by atoms with Crippen molar-refractivity contribution in [2.24, 2.45) is 0 Å². The highest BCUT2D eigenvalue weighted by Crippen LogP contribution is 2.22. The molecule has 2 aliphatic rings. The summed E-state index contributed by atoms with van der Waals surface area (Å²) in [5.74, 6) is 2.88. The highest BCUT2D eigenvalue weighted by Gasteiger charge is 2.25. The molecule has 0 radical (unpaired) electrons. The molecular formula is C19H32N4O3S. The van der Waals surface area contributed by atoms with E-state index in [2.05, 4.69) is 39.7 Å². The second-order valence-electron chi connectivity index (χ2n) is 7.12. The van der Waals surface area contributed by atoms with Crippen LogP contribution in [0.2, 0.25) is 0 Å². The zero-order valence-corrected chi connectivity index (χ0v) is 17.3. The molecule has 2 aliphatic heterocycles. The van der Waals surface area contributed by atoms with Crippen molar-refractivity contribution >= 4 is 24.1 Å². The van der Waals surface area contributed by atoms with Crippen LogP contribution in [0, 0.1) is 13.8 Å². The summed E-state index contributed by atoms with van der Waals surface area (Å²) in [5, 5.41) is 11.3. The quantitative estimate of drug-likeness (QED) is 0.785.